The number of aryl methyl sites for hydroxylation is 2. The quantitative estimate of drug-likeness (QED) is 0.280. The van der Waals surface area contributed by atoms with Crippen LogP contribution in [0.5, 0.6) is 11.5 Å². The van der Waals surface area contributed by atoms with Gasteiger partial charge in [-0.3, -0.25) is 9.36 Å². The first-order valence-electron chi connectivity index (χ1n) is 14.1. The summed E-state index contributed by atoms with van der Waals surface area (Å²) in [6.45, 7) is 8.02. The van der Waals surface area contributed by atoms with Crippen LogP contribution in [0.25, 0.3) is 28.2 Å². The second-order valence-electron chi connectivity index (χ2n) is 10.7. The molecule has 0 fully saturated rings. The van der Waals surface area contributed by atoms with E-state index in [-0.39, 0.29) is 19.0 Å². The fraction of sp³-hybridized carbons (Fsp3) is 0.206. The van der Waals surface area contributed by atoms with Gasteiger partial charge in [0, 0.05) is 16.5 Å². The number of nitrogens with one attached hydrogen (secondary N) is 1. The van der Waals surface area contributed by atoms with Crippen molar-refractivity contribution in [3.8, 4) is 22.8 Å². The van der Waals surface area contributed by atoms with E-state index in [0.29, 0.717) is 37.7 Å². The number of fused-ring (bicyclic) bond motifs is 3. The number of nitrogens with zero attached hydrogens (tertiary/aromatic N) is 2. The summed E-state index contributed by atoms with van der Waals surface area (Å²) < 4.78 is 18.7. The minimum absolute atomic E-state index is 0.120. The summed E-state index contributed by atoms with van der Waals surface area (Å²) in [5.74, 6) is 0.678. The summed E-state index contributed by atoms with van der Waals surface area (Å²) in [6, 6.07) is 19.1. The number of hydrogen-bond acceptors (Lipinski definition) is 7. The molecule has 0 spiro atoms. The average molecular weight is 592 g/mol. The number of aromatic amines is 1. The number of carbonyl (C=O) groups is 1. The Morgan fingerprint density at radius 2 is 1.88 bits per heavy atom. The normalized spacial score (nSPS) is 16.0. The number of carbonyl (C=O) groups excluding carboxylic acids is 1. The summed E-state index contributed by atoms with van der Waals surface area (Å²) in [7, 11) is 0. The van der Waals surface area contributed by atoms with E-state index in [9.17, 15) is 9.59 Å². The lowest BCUT2D eigenvalue weighted by Gasteiger charge is -2.24. The first kappa shape index (κ1) is 27.0. The third-order valence-electron chi connectivity index (χ3n) is 7.86. The molecule has 7 rings (SSSR count). The third-order valence-corrected chi connectivity index (χ3v) is 8.84. The Kier molecular flexibility index (Phi) is 6.54. The molecule has 1 N–H and O–H groups in total. The molecule has 0 radical (unpaired) electrons. The van der Waals surface area contributed by atoms with Crippen molar-refractivity contribution >= 4 is 34.3 Å². The van der Waals surface area contributed by atoms with Crippen molar-refractivity contribution in [2.75, 3.05) is 13.4 Å². The SMILES string of the molecule is CCOC(=O)C1=C(C)N=c2sc(=Cc3c(-c4ccccc4)[nH]c4c(C)cc(C)cc34)c(=O)n2[C@H]1c1ccc2c(c1)OCO2. The third kappa shape index (κ3) is 4.47. The minimum Gasteiger partial charge on any atom is -0.463 e. The molecule has 0 saturated heterocycles. The number of allylic oxidation sites excluding steroid dienone is 1. The molecular weight excluding hydrogens is 562 g/mol. The zero-order valence-electron chi connectivity index (χ0n) is 24.2. The smallest absolute Gasteiger partial charge is 0.338 e. The maximum absolute atomic E-state index is 14.3. The minimum atomic E-state index is -0.743. The van der Waals surface area contributed by atoms with Gasteiger partial charge in [0.15, 0.2) is 16.3 Å². The molecule has 1 atom stereocenters. The Balaban J connectivity index is 1.48. The number of H-pyrrole nitrogens is 1. The summed E-state index contributed by atoms with van der Waals surface area (Å²) in [4.78, 5) is 36.5. The lowest BCUT2D eigenvalue weighted by atomic mass is 9.95. The predicted octanol–water partition coefficient (Wildman–Crippen LogP) is 5.29. The zero-order chi connectivity index (χ0) is 29.8. The molecule has 0 aliphatic carbocycles. The van der Waals surface area contributed by atoms with E-state index in [0.717, 1.165) is 38.9 Å². The number of ether oxygens (including phenoxy) is 3. The van der Waals surface area contributed by atoms with Gasteiger partial charge >= 0.3 is 5.97 Å². The van der Waals surface area contributed by atoms with E-state index in [1.54, 1.807) is 24.5 Å². The first-order valence-corrected chi connectivity index (χ1v) is 14.9. The molecule has 0 saturated carbocycles. The van der Waals surface area contributed by atoms with Crippen molar-refractivity contribution in [3.63, 3.8) is 0 Å². The van der Waals surface area contributed by atoms with Crippen molar-refractivity contribution in [1.29, 1.82) is 0 Å². The van der Waals surface area contributed by atoms with Gasteiger partial charge in [0.1, 0.15) is 0 Å². The number of rotatable bonds is 5. The number of hydrogen-bond donors (Lipinski definition) is 1. The Morgan fingerprint density at radius 1 is 1.09 bits per heavy atom. The van der Waals surface area contributed by atoms with E-state index < -0.39 is 12.0 Å². The largest absolute Gasteiger partial charge is 0.463 e. The van der Waals surface area contributed by atoms with Crippen LogP contribution >= 0.6 is 11.3 Å². The van der Waals surface area contributed by atoms with E-state index in [1.807, 2.05) is 36.4 Å². The Morgan fingerprint density at radius 3 is 2.67 bits per heavy atom. The molecule has 2 aliphatic heterocycles. The molecule has 9 heteroatoms. The van der Waals surface area contributed by atoms with E-state index >= 15 is 0 Å². The van der Waals surface area contributed by atoms with Crippen LogP contribution in [-0.4, -0.2) is 28.9 Å². The number of benzene rings is 3. The Hall–Kier alpha value is -4.89. The molecule has 2 aromatic heterocycles. The first-order chi connectivity index (χ1) is 20.8. The van der Waals surface area contributed by atoms with E-state index in [2.05, 4.69) is 43.1 Å². The number of esters is 1. The standard InChI is InChI=1S/C34H29N3O5S/c1-5-40-33(39)28-20(4)35-34-37(31(28)22-11-12-25-26(15-22)42-17-41-25)32(38)27(43-34)16-24-23-14-18(2)13-19(3)29(23)36-30(24)21-9-7-6-8-10-21/h6-16,31,36H,5,17H2,1-4H3/t31-/m0/s1. The fourth-order valence-corrected chi connectivity index (χ4v) is 7.00. The molecule has 0 amide bonds. The second-order valence-corrected chi connectivity index (χ2v) is 11.7. The second kappa shape index (κ2) is 10.4. The lowest BCUT2D eigenvalue weighted by Crippen LogP contribution is -2.39. The van der Waals surface area contributed by atoms with E-state index in [4.69, 9.17) is 19.2 Å². The summed E-state index contributed by atoms with van der Waals surface area (Å²) in [5, 5.41) is 1.04. The molecule has 2 aliphatic rings. The van der Waals surface area contributed by atoms with Crippen molar-refractivity contribution in [3.05, 3.63) is 114 Å². The van der Waals surface area contributed by atoms with Gasteiger partial charge in [-0.1, -0.05) is 59.4 Å². The van der Waals surface area contributed by atoms with Crippen molar-refractivity contribution in [2.45, 2.75) is 33.7 Å². The average Bonchev–Trinajstić information content (AvgIpc) is 3.69. The van der Waals surface area contributed by atoms with Crippen LogP contribution < -0.4 is 24.4 Å². The highest BCUT2D eigenvalue weighted by Crippen LogP contribution is 2.38. The monoisotopic (exact) mass is 591 g/mol. The lowest BCUT2D eigenvalue weighted by molar-refractivity contribution is -0.139. The van der Waals surface area contributed by atoms with Crippen LogP contribution in [0.2, 0.25) is 0 Å². The maximum Gasteiger partial charge on any atom is 0.338 e. The molecule has 216 valence electrons. The van der Waals surface area contributed by atoms with Crippen LogP contribution in [0.3, 0.4) is 0 Å². The molecule has 0 bridgehead atoms. The molecule has 43 heavy (non-hydrogen) atoms. The van der Waals surface area contributed by atoms with Crippen molar-refractivity contribution in [2.24, 2.45) is 4.99 Å². The summed E-state index contributed by atoms with van der Waals surface area (Å²) in [5.41, 5.74) is 7.49. The highest BCUT2D eigenvalue weighted by molar-refractivity contribution is 7.07. The van der Waals surface area contributed by atoms with Crippen LogP contribution in [0.15, 0.2) is 81.7 Å². The molecule has 3 aromatic carbocycles. The van der Waals surface area contributed by atoms with Gasteiger partial charge in [-0.15, -0.1) is 0 Å². The highest BCUT2D eigenvalue weighted by Gasteiger charge is 2.34. The number of aromatic nitrogens is 2. The topological polar surface area (TPSA) is 94.9 Å². The van der Waals surface area contributed by atoms with Gasteiger partial charge in [-0.05, 0) is 68.7 Å². The molecule has 8 nitrogen and oxygen atoms in total. The van der Waals surface area contributed by atoms with Crippen LogP contribution in [0.1, 0.15) is 42.1 Å². The Labute approximate surface area is 251 Å². The van der Waals surface area contributed by atoms with Crippen LogP contribution in [-0.2, 0) is 9.53 Å². The molecule has 5 aromatic rings. The fourth-order valence-electron chi connectivity index (χ4n) is 5.98. The van der Waals surface area contributed by atoms with Crippen molar-refractivity contribution < 1.29 is 19.0 Å². The van der Waals surface area contributed by atoms with Gasteiger partial charge < -0.3 is 19.2 Å². The van der Waals surface area contributed by atoms with Gasteiger partial charge in [-0.2, -0.15) is 0 Å². The summed E-state index contributed by atoms with van der Waals surface area (Å²) in [6.07, 6.45) is 1.95. The van der Waals surface area contributed by atoms with Gasteiger partial charge in [0.2, 0.25) is 6.79 Å². The van der Waals surface area contributed by atoms with Crippen molar-refractivity contribution in [1.82, 2.24) is 9.55 Å². The van der Waals surface area contributed by atoms with Gasteiger partial charge in [0.05, 0.1) is 34.1 Å². The highest BCUT2D eigenvalue weighted by atomic mass is 32.1. The van der Waals surface area contributed by atoms with Gasteiger partial charge in [0.25, 0.3) is 5.56 Å². The van der Waals surface area contributed by atoms with E-state index in [1.165, 1.54) is 11.3 Å². The number of thiazole rings is 1. The van der Waals surface area contributed by atoms with Crippen LogP contribution in [0, 0.1) is 13.8 Å². The molecular formula is C34H29N3O5S. The summed E-state index contributed by atoms with van der Waals surface area (Å²) >= 11 is 1.31. The molecule has 4 heterocycles. The Bertz CT molecular complexity index is 2150. The van der Waals surface area contributed by atoms with Crippen LogP contribution in [0.4, 0.5) is 0 Å². The van der Waals surface area contributed by atoms with Gasteiger partial charge in [-0.25, -0.2) is 9.79 Å². The molecule has 0 unspecified atom stereocenters. The maximum atomic E-state index is 14.3. The zero-order valence-corrected chi connectivity index (χ0v) is 25.0. The predicted molar refractivity (Wildman–Crippen MR) is 166 cm³/mol.